The van der Waals surface area contributed by atoms with Gasteiger partial charge >= 0.3 is 0 Å². The zero-order chi connectivity index (χ0) is 10.8. The largest absolute Gasteiger partial charge is 0.459 e. The molecular formula is C12H14N2O. The first-order valence-corrected chi connectivity index (χ1v) is 4.94. The number of rotatable bonds is 2. The summed E-state index contributed by atoms with van der Waals surface area (Å²) in [5.74, 6) is 1.62. The summed E-state index contributed by atoms with van der Waals surface area (Å²) in [6, 6.07) is 5.80. The van der Waals surface area contributed by atoms with Crippen molar-refractivity contribution in [3.8, 4) is 11.3 Å². The summed E-state index contributed by atoms with van der Waals surface area (Å²) in [4.78, 5) is 4.12. The van der Waals surface area contributed by atoms with E-state index in [1.165, 1.54) is 0 Å². The molecule has 2 aromatic heterocycles. The highest BCUT2D eigenvalue weighted by atomic mass is 16.3. The quantitative estimate of drug-likeness (QED) is 0.814. The maximum Gasteiger partial charge on any atom is 0.135 e. The Morgan fingerprint density at radius 3 is 2.73 bits per heavy atom. The van der Waals surface area contributed by atoms with Gasteiger partial charge in [-0.3, -0.25) is 4.98 Å². The fourth-order valence-electron chi connectivity index (χ4n) is 1.44. The maximum absolute atomic E-state index is 5.73. The van der Waals surface area contributed by atoms with Crippen LogP contribution in [0, 0.1) is 6.92 Å². The van der Waals surface area contributed by atoms with Crippen LogP contribution in [0.15, 0.2) is 35.0 Å². The standard InChI is InChI=1S/C12H14N2O/c1-8-5-10(7-14-6-8)12-4-3-11(15-12)9(2)13/h3-7,9H,13H2,1-2H3. The molecule has 78 valence electrons. The molecule has 0 saturated carbocycles. The molecule has 0 aliphatic heterocycles. The second-order valence-electron chi connectivity index (χ2n) is 3.74. The molecule has 1 unspecified atom stereocenters. The summed E-state index contributed by atoms with van der Waals surface area (Å²) in [5.41, 5.74) is 7.83. The lowest BCUT2D eigenvalue weighted by atomic mass is 10.2. The van der Waals surface area contributed by atoms with Crippen molar-refractivity contribution in [3.63, 3.8) is 0 Å². The minimum absolute atomic E-state index is 0.0727. The molecule has 0 radical (unpaired) electrons. The van der Waals surface area contributed by atoms with Gasteiger partial charge in [0.05, 0.1) is 6.04 Å². The Kier molecular flexibility index (Phi) is 2.56. The Bertz CT molecular complexity index is 460. The van der Waals surface area contributed by atoms with E-state index in [4.69, 9.17) is 10.2 Å². The Balaban J connectivity index is 2.37. The van der Waals surface area contributed by atoms with Gasteiger partial charge in [0.2, 0.25) is 0 Å². The predicted molar refractivity (Wildman–Crippen MR) is 59.3 cm³/mol. The molecule has 2 heterocycles. The minimum atomic E-state index is -0.0727. The first-order valence-electron chi connectivity index (χ1n) is 4.94. The predicted octanol–water partition coefficient (Wildman–Crippen LogP) is 2.67. The van der Waals surface area contributed by atoms with Gasteiger partial charge in [0.25, 0.3) is 0 Å². The van der Waals surface area contributed by atoms with E-state index in [0.717, 1.165) is 22.6 Å². The highest BCUT2D eigenvalue weighted by Crippen LogP contribution is 2.24. The fourth-order valence-corrected chi connectivity index (χ4v) is 1.44. The number of aryl methyl sites for hydroxylation is 1. The third-order valence-corrected chi connectivity index (χ3v) is 2.24. The van der Waals surface area contributed by atoms with E-state index in [2.05, 4.69) is 4.98 Å². The molecule has 3 heteroatoms. The van der Waals surface area contributed by atoms with Gasteiger partial charge in [0.15, 0.2) is 0 Å². The van der Waals surface area contributed by atoms with Gasteiger partial charge in [-0.15, -0.1) is 0 Å². The number of aromatic nitrogens is 1. The molecule has 0 saturated heterocycles. The van der Waals surface area contributed by atoms with Crippen molar-refractivity contribution in [2.45, 2.75) is 19.9 Å². The molecule has 2 rings (SSSR count). The molecule has 0 aliphatic carbocycles. The van der Waals surface area contributed by atoms with Crippen molar-refractivity contribution in [2.24, 2.45) is 5.73 Å². The Morgan fingerprint density at radius 1 is 1.33 bits per heavy atom. The third-order valence-electron chi connectivity index (χ3n) is 2.24. The monoisotopic (exact) mass is 202 g/mol. The molecule has 0 fully saturated rings. The van der Waals surface area contributed by atoms with Crippen molar-refractivity contribution >= 4 is 0 Å². The Labute approximate surface area is 88.9 Å². The molecule has 15 heavy (non-hydrogen) atoms. The Hall–Kier alpha value is -1.61. The smallest absolute Gasteiger partial charge is 0.135 e. The van der Waals surface area contributed by atoms with E-state index in [1.54, 1.807) is 6.20 Å². The van der Waals surface area contributed by atoms with Gasteiger partial charge in [-0.25, -0.2) is 0 Å². The molecule has 1 atom stereocenters. The van der Waals surface area contributed by atoms with E-state index in [1.807, 2.05) is 38.2 Å². The van der Waals surface area contributed by atoms with Crippen molar-refractivity contribution in [1.82, 2.24) is 4.98 Å². The first-order chi connectivity index (χ1) is 7.16. The van der Waals surface area contributed by atoms with E-state index in [9.17, 15) is 0 Å². The van der Waals surface area contributed by atoms with Crippen LogP contribution in [-0.4, -0.2) is 4.98 Å². The lowest BCUT2D eigenvalue weighted by Gasteiger charge is -2.00. The van der Waals surface area contributed by atoms with Crippen LogP contribution in [-0.2, 0) is 0 Å². The summed E-state index contributed by atoms with van der Waals surface area (Å²) in [6.45, 7) is 3.91. The number of nitrogens with zero attached hydrogens (tertiary/aromatic N) is 1. The van der Waals surface area contributed by atoms with Crippen molar-refractivity contribution in [1.29, 1.82) is 0 Å². The van der Waals surface area contributed by atoms with Crippen molar-refractivity contribution in [2.75, 3.05) is 0 Å². The van der Waals surface area contributed by atoms with Crippen LogP contribution < -0.4 is 5.73 Å². The average Bonchev–Trinajstić information content (AvgIpc) is 2.66. The molecule has 0 spiro atoms. The second kappa shape index (κ2) is 3.87. The van der Waals surface area contributed by atoms with Gasteiger partial charge in [0.1, 0.15) is 11.5 Å². The van der Waals surface area contributed by atoms with Crippen LogP contribution in [0.25, 0.3) is 11.3 Å². The summed E-state index contributed by atoms with van der Waals surface area (Å²) in [5, 5.41) is 0. The first kappa shape index (κ1) is 9.93. The highest BCUT2D eigenvalue weighted by Gasteiger charge is 2.07. The summed E-state index contributed by atoms with van der Waals surface area (Å²) >= 11 is 0. The normalized spacial score (nSPS) is 12.7. The number of hydrogen-bond donors (Lipinski definition) is 1. The van der Waals surface area contributed by atoms with Crippen molar-refractivity contribution < 1.29 is 4.42 Å². The minimum Gasteiger partial charge on any atom is -0.459 e. The van der Waals surface area contributed by atoms with Gasteiger partial charge < -0.3 is 10.2 Å². The van der Waals surface area contributed by atoms with E-state index in [0.29, 0.717) is 0 Å². The molecule has 0 amide bonds. The number of furan rings is 1. The van der Waals surface area contributed by atoms with Crippen LogP contribution in [0.3, 0.4) is 0 Å². The van der Waals surface area contributed by atoms with E-state index in [-0.39, 0.29) is 6.04 Å². The van der Waals surface area contributed by atoms with Crippen LogP contribution in [0.1, 0.15) is 24.3 Å². The molecule has 0 aliphatic rings. The molecule has 0 aromatic carbocycles. The fraction of sp³-hybridized carbons (Fsp3) is 0.250. The molecule has 2 aromatic rings. The van der Waals surface area contributed by atoms with Crippen molar-refractivity contribution in [3.05, 3.63) is 41.9 Å². The lowest BCUT2D eigenvalue weighted by molar-refractivity contribution is 0.491. The summed E-state index contributed by atoms with van der Waals surface area (Å²) in [6.07, 6.45) is 3.61. The summed E-state index contributed by atoms with van der Waals surface area (Å²) in [7, 11) is 0. The van der Waals surface area contributed by atoms with Crippen LogP contribution in [0.4, 0.5) is 0 Å². The lowest BCUT2D eigenvalue weighted by Crippen LogP contribution is -2.02. The zero-order valence-electron chi connectivity index (χ0n) is 8.90. The highest BCUT2D eigenvalue weighted by molar-refractivity contribution is 5.57. The average molecular weight is 202 g/mol. The summed E-state index contributed by atoms with van der Waals surface area (Å²) < 4.78 is 5.62. The molecule has 2 N–H and O–H groups in total. The number of hydrogen-bond acceptors (Lipinski definition) is 3. The maximum atomic E-state index is 5.73. The van der Waals surface area contributed by atoms with Gasteiger partial charge in [-0.05, 0) is 37.6 Å². The third kappa shape index (κ3) is 2.07. The van der Waals surface area contributed by atoms with Crippen LogP contribution in [0.2, 0.25) is 0 Å². The SMILES string of the molecule is Cc1cncc(-c2ccc(C(C)N)o2)c1. The molecule has 3 nitrogen and oxygen atoms in total. The van der Waals surface area contributed by atoms with E-state index < -0.39 is 0 Å². The van der Waals surface area contributed by atoms with Gasteiger partial charge in [-0.1, -0.05) is 0 Å². The van der Waals surface area contributed by atoms with Crippen LogP contribution >= 0.6 is 0 Å². The van der Waals surface area contributed by atoms with E-state index >= 15 is 0 Å². The number of pyridine rings is 1. The molecule has 0 bridgehead atoms. The molecular weight excluding hydrogens is 188 g/mol. The zero-order valence-corrected chi connectivity index (χ0v) is 8.90. The Morgan fingerprint density at radius 2 is 2.13 bits per heavy atom. The van der Waals surface area contributed by atoms with Gasteiger partial charge in [0, 0.05) is 18.0 Å². The number of nitrogens with two attached hydrogens (primary N) is 1. The topological polar surface area (TPSA) is 52.0 Å². The second-order valence-corrected chi connectivity index (χ2v) is 3.74. The van der Waals surface area contributed by atoms with Crippen LogP contribution in [0.5, 0.6) is 0 Å². The van der Waals surface area contributed by atoms with Gasteiger partial charge in [-0.2, -0.15) is 0 Å².